The highest BCUT2D eigenvalue weighted by Gasteiger charge is 2.44. The average Bonchev–Trinajstić information content (AvgIpc) is 3.16. The molecule has 1 heterocycles. The summed E-state index contributed by atoms with van der Waals surface area (Å²) in [4.78, 5) is 0.485. The molecule has 0 spiro atoms. The van der Waals surface area contributed by atoms with Gasteiger partial charge in [0.1, 0.15) is 0 Å². The fourth-order valence-electron chi connectivity index (χ4n) is 2.84. The lowest BCUT2D eigenvalue weighted by Crippen LogP contribution is -2.42. The molecule has 19 heavy (non-hydrogen) atoms. The van der Waals surface area contributed by atoms with Gasteiger partial charge in [-0.15, -0.1) is 0 Å². The van der Waals surface area contributed by atoms with Crippen LogP contribution in [0.3, 0.4) is 0 Å². The minimum atomic E-state index is -3.24. The van der Waals surface area contributed by atoms with Gasteiger partial charge in [0.05, 0.1) is 10.1 Å². The van der Waals surface area contributed by atoms with Gasteiger partial charge in [-0.05, 0) is 53.2 Å². The van der Waals surface area contributed by atoms with Crippen LogP contribution >= 0.6 is 15.9 Å². The normalized spacial score (nSPS) is 32.9. The van der Waals surface area contributed by atoms with Crippen molar-refractivity contribution in [3.63, 3.8) is 0 Å². The maximum absolute atomic E-state index is 12.6. The number of rotatable bonds is 2. The highest BCUT2D eigenvalue weighted by atomic mass is 79.9. The Hall–Kier alpha value is -0.390. The first-order chi connectivity index (χ1) is 8.93. The molecular weight excluding hydrogens is 326 g/mol. The van der Waals surface area contributed by atoms with Gasteiger partial charge in [0, 0.05) is 16.6 Å². The van der Waals surface area contributed by atoms with Gasteiger partial charge in [0.15, 0.2) is 9.84 Å². The fourth-order valence-corrected chi connectivity index (χ4v) is 5.85. The van der Waals surface area contributed by atoms with Crippen molar-refractivity contribution in [1.29, 1.82) is 0 Å². The number of hydrogen-bond acceptors (Lipinski definition) is 3. The number of halogens is 1. The molecule has 1 aromatic carbocycles. The second-order valence-electron chi connectivity index (χ2n) is 5.69. The first-order valence-electron chi connectivity index (χ1n) is 6.71. The molecule has 104 valence electrons. The molecule has 3 atom stereocenters. The zero-order valence-electron chi connectivity index (χ0n) is 11.1. The largest absolute Gasteiger partial charge is 0.307 e. The first kappa shape index (κ1) is 13.6. The molecule has 0 saturated heterocycles. The summed E-state index contributed by atoms with van der Waals surface area (Å²) >= 11 is 3.41. The van der Waals surface area contributed by atoms with Crippen molar-refractivity contribution in [2.45, 2.75) is 48.9 Å². The summed E-state index contributed by atoms with van der Waals surface area (Å²) in [7, 11) is -3.24. The lowest BCUT2D eigenvalue weighted by molar-refractivity contribution is 0.355. The van der Waals surface area contributed by atoms with E-state index in [2.05, 4.69) is 21.2 Å². The van der Waals surface area contributed by atoms with E-state index >= 15 is 0 Å². The van der Waals surface area contributed by atoms with Crippen molar-refractivity contribution in [2.24, 2.45) is 5.92 Å². The maximum Gasteiger partial charge on any atom is 0.182 e. The van der Waals surface area contributed by atoms with Crippen molar-refractivity contribution in [2.75, 3.05) is 0 Å². The van der Waals surface area contributed by atoms with Crippen molar-refractivity contribution >= 4 is 25.8 Å². The smallest absolute Gasteiger partial charge is 0.182 e. The minimum Gasteiger partial charge on any atom is -0.307 e. The zero-order valence-corrected chi connectivity index (χ0v) is 13.5. The monoisotopic (exact) mass is 343 g/mol. The summed E-state index contributed by atoms with van der Waals surface area (Å²) in [5, 5.41) is 3.26. The van der Waals surface area contributed by atoms with E-state index in [1.165, 1.54) is 12.8 Å². The molecule has 0 radical (unpaired) electrons. The minimum absolute atomic E-state index is 0.0902. The Kier molecular flexibility index (Phi) is 3.27. The molecule has 5 heteroatoms. The maximum atomic E-state index is 12.6. The molecule has 3 rings (SSSR count). The van der Waals surface area contributed by atoms with E-state index in [1.807, 2.05) is 32.0 Å². The van der Waals surface area contributed by atoms with Crippen molar-refractivity contribution in [3.05, 3.63) is 28.2 Å². The Morgan fingerprint density at radius 2 is 1.95 bits per heavy atom. The van der Waals surface area contributed by atoms with Crippen LogP contribution in [0.2, 0.25) is 0 Å². The predicted molar refractivity (Wildman–Crippen MR) is 78.9 cm³/mol. The summed E-state index contributed by atoms with van der Waals surface area (Å²) in [5.74, 6) is 0.0902. The van der Waals surface area contributed by atoms with Crippen LogP contribution in [0.5, 0.6) is 0 Å². The van der Waals surface area contributed by atoms with E-state index in [4.69, 9.17) is 0 Å². The number of hydrogen-bond donors (Lipinski definition) is 1. The Morgan fingerprint density at radius 3 is 2.58 bits per heavy atom. The fraction of sp³-hybridized carbons (Fsp3) is 0.571. The third-order valence-corrected chi connectivity index (χ3v) is 7.72. The quantitative estimate of drug-likeness (QED) is 0.897. The third-order valence-electron chi connectivity index (χ3n) is 4.37. The van der Waals surface area contributed by atoms with Gasteiger partial charge in [-0.25, -0.2) is 8.42 Å². The molecule has 1 aliphatic heterocycles. The van der Waals surface area contributed by atoms with Crippen molar-refractivity contribution in [3.8, 4) is 0 Å². The Morgan fingerprint density at radius 1 is 1.26 bits per heavy atom. The van der Waals surface area contributed by atoms with E-state index in [0.717, 1.165) is 5.56 Å². The molecule has 3 nitrogen and oxygen atoms in total. The van der Waals surface area contributed by atoms with Crippen LogP contribution in [0.4, 0.5) is 0 Å². The van der Waals surface area contributed by atoms with E-state index < -0.39 is 9.84 Å². The first-order valence-corrected chi connectivity index (χ1v) is 9.05. The highest BCUT2D eigenvalue weighted by Crippen LogP contribution is 2.44. The van der Waals surface area contributed by atoms with E-state index in [1.54, 1.807) is 0 Å². The number of benzene rings is 1. The summed E-state index contributed by atoms with van der Waals surface area (Å²) in [6.07, 6.45) is 2.40. The van der Waals surface area contributed by atoms with Crippen molar-refractivity contribution in [1.82, 2.24) is 5.32 Å². The molecule has 1 aliphatic carbocycles. The Bertz CT molecular complexity index is 610. The summed E-state index contributed by atoms with van der Waals surface area (Å²) in [6, 6.07) is 6.38. The van der Waals surface area contributed by atoms with Crippen LogP contribution in [0.1, 0.15) is 38.3 Å². The van der Waals surface area contributed by atoms with Gasteiger partial charge < -0.3 is 5.32 Å². The van der Waals surface area contributed by atoms with Gasteiger partial charge in [-0.3, -0.25) is 0 Å². The topological polar surface area (TPSA) is 46.2 Å². The van der Waals surface area contributed by atoms with E-state index in [-0.39, 0.29) is 17.2 Å². The number of nitrogens with one attached hydrogen (secondary N) is 1. The standard InChI is InChI=1S/C14H18BrNO2S/c1-8-9(2)19(17,18)14-11(4-3-5-12(14)15)13(8)16-10-6-7-10/h3-5,8-10,13,16H,6-7H2,1-2H3. The van der Waals surface area contributed by atoms with Crippen LogP contribution in [0, 0.1) is 5.92 Å². The lowest BCUT2D eigenvalue weighted by atomic mass is 9.91. The van der Waals surface area contributed by atoms with Crippen LogP contribution in [0.15, 0.2) is 27.6 Å². The van der Waals surface area contributed by atoms with E-state index in [0.29, 0.717) is 15.4 Å². The Labute approximate surface area is 122 Å². The number of fused-ring (bicyclic) bond motifs is 1. The molecule has 2 aliphatic rings. The van der Waals surface area contributed by atoms with E-state index in [9.17, 15) is 8.42 Å². The van der Waals surface area contributed by atoms with Crippen LogP contribution in [-0.2, 0) is 9.84 Å². The van der Waals surface area contributed by atoms with Gasteiger partial charge >= 0.3 is 0 Å². The summed E-state index contributed by atoms with van der Waals surface area (Å²) in [5.41, 5.74) is 0.923. The van der Waals surface area contributed by atoms with Crippen LogP contribution in [-0.4, -0.2) is 19.7 Å². The number of sulfone groups is 1. The molecule has 1 N–H and O–H groups in total. The van der Waals surface area contributed by atoms with Crippen molar-refractivity contribution < 1.29 is 8.42 Å². The van der Waals surface area contributed by atoms with Gasteiger partial charge in [-0.1, -0.05) is 19.1 Å². The molecule has 1 aromatic rings. The third kappa shape index (κ3) is 2.16. The molecule has 1 saturated carbocycles. The molecule has 1 fully saturated rings. The van der Waals surface area contributed by atoms with Gasteiger partial charge in [0.2, 0.25) is 0 Å². The van der Waals surface area contributed by atoms with Gasteiger partial charge in [-0.2, -0.15) is 0 Å². The summed E-state index contributed by atoms with van der Waals surface area (Å²) in [6.45, 7) is 3.86. The average molecular weight is 344 g/mol. The Balaban J connectivity index is 2.16. The van der Waals surface area contributed by atoms with Crippen LogP contribution < -0.4 is 5.32 Å². The second-order valence-corrected chi connectivity index (χ2v) is 8.78. The second kappa shape index (κ2) is 4.57. The lowest BCUT2D eigenvalue weighted by Gasteiger charge is -2.36. The van der Waals surface area contributed by atoms with Gasteiger partial charge in [0.25, 0.3) is 0 Å². The predicted octanol–water partition coefficient (Wildman–Crippen LogP) is 3.05. The molecule has 0 aromatic heterocycles. The molecule has 0 amide bonds. The highest BCUT2D eigenvalue weighted by molar-refractivity contribution is 9.10. The molecule has 0 bridgehead atoms. The molecule has 3 unspecified atom stereocenters. The zero-order chi connectivity index (χ0) is 13.8. The SMILES string of the molecule is CC1C(NC2CC2)c2cccc(Br)c2S(=O)(=O)C1C. The summed E-state index contributed by atoms with van der Waals surface area (Å²) < 4.78 is 25.9. The van der Waals surface area contributed by atoms with Crippen LogP contribution in [0.25, 0.3) is 0 Å². The molecular formula is C14H18BrNO2S.